The quantitative estimate of drug-likeness (QED) is 0.437. The highest BCUT2D eigenvalue weighted by Gasteiger charge is 2.56. The summed E-state index contributed by atoms with van der Waals surface area (Å²) in [6.07, 6.45) is -2.68. The zero-order chi connectivity index (χ0) is 28.4. The number of hydrogen-bond donors (Lipinski definition) is 0. The van der Waals surface area contributed by atoms with Gasteiger partial charge in [-0.25, -0.2) is 17.2 Å². The molecule has 2 fully saturated rings. The Hall–Kier alpha value is -2.49. The summed E-state index contributed by atoms with van der Waals surface area (Å²) in [6.45, 7) is 2.58. The van der Waals surface area contributed by atoms with E-state index in [0.717, 1.165) is 11.1 Å². The van der Waals surface area contributed by atoms with Gasteiger partial charge in [0.1, 0.15) is 5.82 Å². The minimum Gasteiger partial charge on any atom is -0.339 e. The van der Waals surface area contributed by atoms with E-state index in [1.165, 1.54) is 24.3 Å². The molecule has 2 aromatic carbocycles. The number of alkyl halides is 4. The first-order chi connectivity index (χ1) is 18.2. The summed E-state index contributed by atoms with van der Waals surface area (Å²) in [5.41, 5.74) is -2.34. The normalized spacial score (nSPS) is 29.8. The van der Waals surface area contributed by atoms with Crippen molar-refractivity contribution in [2.24, 2.45) is 5.92 Å². The predicted molar refractivity (Wildman–Crippen MR) is 137 cm³/mol. The molecule has 212 valence electrons. The average molecular weight is 570 g/mol. The van der Waals surface area contributed by atoms with Crippen LogP contribution in [0.1, 0.15) is 61.8 Å². The fourth-order valence-corrected chi connectivity index (χ4v) is 8.43. The van der Waals surface area contributed by atoms with Gasteiger partial charge in [0, 0.05) is 23.9 Å². The second-order valence-electron chi connectivity index (χ2n) is 11.6. The lowest BCUT2D eigenvalue weighted by Gasteiger charge is -2.45. The number of likely N-dealkylation sites (tertiary alicyclic amines) is 1. The van der Waals surface area contributed by atoms with Gasteiger partial charge in [-0.3, -0.25) is 4.79 Å². The number of fused-ring (bicyclic) bond motifs is 3. The maximum atomic E-state index is 14.9. The van der Waals surface area contributed by atoms with Gasteiger partial charge in [-0.2, -0.15) is 13.2 Å². The van der Waals surface area contributed by atoms with E-state index in [4.69, 9.17) is 0 Å². The second-order valence-corrected chi connectivity index (χ2v) is 14.1. The second kappa shape index (κ2) is 9.56. The van der Waals surface area contributed by atoms with E-state index in [0.29, 0.717) is 44.7 Å². The first kappa shape index (κ1) is 28.1. The standard InChI is InChI=1S/C29H32F5NO3S/c1-18-15-21(11-14-39(18,37)38)26(36)35-13-12-28(17-19-3-7-23(30)8-4-19)24-9-6-22(27(2,31)29(32,33)34)16-20(24)5-10-25(28)35/h3-4,6-9,16,18,21,25H,5,10-15,17H2,1-2H3/t18?,21?,25-,27?,28-/m1/s1. The molecular weight excluding hydrogens is 537 g/mol. The Balaban J connectivity index is 1.53. The summed E-state index contributed by atoms with van der Waals surface area (Å²) in [5.74, 6) is -0.916. The van der Waals surface area contributed by atoms with Crippen molar-refractivity contribution < 1.29 is 35.2 Å². The maximum Gasteiger partial charge on any atom is 0.426 e. The van der Waals surface area contributed by atoms with Gasteiger partial charge in [0.15, 0.2) is 9.84 Å². The molecule has 0 bridgehead atoms. The first-order valence-corrected chi connectivity index (χ1v) is 15.0. The van der Waals surface area contributed by atoms with Crippen molar-refractivity contribution in [1.82, 2.24) is 4.90 Å². The van der Waals surface area contributed by atoms with Crippen LogP contribution in [0.4, 0.5) is 22.0 Å². The SMILES string of the molecule is CC1CC(C(=O)N2CC[C@@]3(Cc4ccc(F)cc4)c4ccc(C(C)(F)C(F)(F)F)cc4CC[C@@H]23)CCS1(=O)=O. The van der Waals surface area contributed by atoms with Gasteiger partial charge in [-0.15, -0.1) is 0 Å². The molecule has 2 aromatic rings. The van der Waals surface area contributed by atoms with Gasteiger partial charge in [-0.05, 0) is 86.8 Å². The van der Waals surface area contributed by atoms with E-state index in [-0.39, 0.29) is 36.4 Å². The van der Waals surface area contributed by atoms with E-state index in [2.05, 4.69) is 0 Å². The highest BCUT2D eigenvalue weighted by atomic mass is 32.2. The van der Waals surface area contributed by atoms with Gasteiger partial charge in [0.25, 0.3) is 0 Å². The third kappa shape index (κ3) is 4.76. The molecule has 0 radical (unpaired) electrons. The van der Waals surface area contributed by atoms with Crippen molar-refractivity contribution in [1.29, 1.82) is 0 Å². The lowest BCUT2D eigenvalue weighted by molar-refractivity contribution is -0.228. The van der Waals surface area contributed by atoms with Gasteiger partial charge in [-0.1, -0.05) is 30.3 Å². The molecule has 3 unspecified atom stereocenters. The van der Waals surface area contributed by atoms with Crippen LogP contribution in [0.3, 0.4) is 0 Å². The highest BCUT2D eigenvalue weighted by molar-refractivity contribution is 7.92. The number of carbonyl (C=O) groups excluding carboxylic acids is 1. The molecule has 5 rings (SSSR count). The number of benzene rings is 2. The number of aryl methyl sites for hydroxylation is 1. The van der Waals surface area contributed by atoms with Gasteiger partial charge < -0.3 is 4.90 Å². The zero-order valence-corrected chi connectivity index (χ0v) is 22.7. The lowest BCUT2D eigenvalue weighted by atomic mass is 9.63. The summed E-state index contributed by atoms with van der Waals surface area (Å²) < 4.78 is 93.4. The Morgan fingerprint density at radius 3 is 2.41 bits per heavy atom. The molecule has 1 aliphatic carbocycles. The first-order valence-electron chi connectivity index (χ1n) is 13.3. The predicted octanol–water partition coefficient (Wildman–Crippen LogP) is 5.81. The number of halogens is 5. The molecule has 2 aliphatic heterocycles. The largest absolute Gasteiger partial charge is 0.426 e. The minimum absolute atomic E-state index is 0.0311. The number of amides is 1. The molecule has 39 heavy (non-hydrogen) atoms. The molecule has 10 heteroatoms. The smallest absolute Gasteiger partial charge is 0.339 e. The van der Waals surface area contributed by atoms with E-state index in [1.54, 1.807) is 25.1 Å². The van der Waals surface area contributed by atoms with Gasteiger partial charge in [0.2, 0.25) is 11.6 Å². The van der Waals surface area contributed by atoms with E-state index < -0.39 is 43.8 Å². The van der Waals surface area contributed by atoms with Crippen LogP contribution in [-0.4, -0.2) is 49.0 Å². The van der Waals surface area contributed by atoms with Crippen molar-refractivity contribution >= 4 is 15.7 Å². The molecule has 0 aromatic heterocycles. The lowest BCUT2D eigenvalue weighted by Crippen LogP contribution is -2.51. The third-order valence-electron chi connectivity index (χ3n) is 9.26. The van der Waals surface area contributed by atoms with Crippen LogP contribution in [0, 0.1) is 11.7 Å². The summed E-state index contributed by atoms with van der Waals surface area (Å²) >= 11 is 0. The third-order valence-corrected chi connectivity index (χ3v) is 11.5. The van der Waals surface area contributed by atoms with Gasteiger partial charge in [0.05, 0.1) is 11.0 Å². The van der Waals surface area contributed by atoms with E-state index in [1.807, 2.05) is 4.90 Å². The molecule has 0 N–H and O–H groups in total. The fraction of sp³-hybridized carbons (Fsp3) is 0.552. The summed E-state index contributed by atoms with van der Waals surface area (Å²) in [6, 6.07) is 9.87. The Morgan fingerprint density at radius 1 is 1.08 bits per heavy atom. The van der Waals surface area contributed by atoms with Crippen molar-refractivity contribution in [3.8, 4) is 0 Å². The van der Waals surface area contributed by atoms with E-state index >= 15 is 0 Å². The van der Waals surface area contributed by atoms with Crippen LogP contribution in [0.25, 0.3) is 0 Å². The van der Waals surface area contributed by atoms with Crippen molar-refractivity contribution in [3.05, 3.63) is 70.5 Å². The zero-order valence-electron chi connectivity index (χ0n) is 21.9. The van der Waals surface area contributed by atoms with Gasteiger partial charge >= 0.3 is 6.18 Å². The van der Waals surface area contributed by atoms with E-state index in [9.17, 15) is 35.2 Å². The topological polar surface area (TPSA) is 54.5 Å². The average Bonchev–Trinajstić information content (AvgIpc) is 3.25. The van der Waals surface area contributed by atoms with Crippen LogP contribution in [-0.2, 0) is 38.6 Å². The van der Waals surface area contributed by atoms with Crippen molar-refractivity contribution in [2.75, 3.05) is 12.3 Å². The number of carbonyl (C=O) groups is 1. The Morgan fingerprint density at radius 2 is 1.77 bits per heavy atom. The minimum atomic E-state index is -5.06. The molecule has 4 nitrogen and oxygen atoms in total. The number of sulfone groups is 1. The fourth-order valence-electron chi connectivity index (χ4n) is 6.88. The Bertz CT molecular complexity index is 1370. The van der Waals surface area contributed by atoms with Crippen LogP contribution >= 0.6 is 0 Å². The van der Waals surface area contributed by atoms with Crippen molar-refractivity contribution in [2.45, 2.75) is 80.9 Å². The molecule has 2 saturated heterocycles. The van der Waals surface area contributed by atoms with Crippen LogP contribution in [0.5, 0.6) is 0 Å². The molecule has 5 atom stereocenters. The van der Waals surface area contributed by atoms with Crippen LogP contribution in [0.2, 0.25) is 0 Å². The number of rotatable bonds is 4. The molecule has 3 aliphatic rings. The number of hydrogen-bond acceptors (Lipinski definition) is 3. The molecule has 0 saturated carbocycles. The summed E-state index contributed by atoms with van der Waals surface area (Å²) in [4.78, 5) is 15.6. The highest BCUT2D eigenvalue weighted by Crippen LogP contribution is 2.51. The molecule has 0 spiro atoms. The monoisotopic (exact) mass is 569 g/mol. The summed E-state index contributed by atoms with van der Waals surface area (Å²) in [7, 11) is -3.21. The van der Waals surface area contributed by atoms with Crippen LogP contribution in [0.15, 0.2) is 42.5 Å². The maximum absolute atomic E-state index is 14.9. The Labute approximate surface area is 225 Å². The molecule has 2 heterocycles. The molecular formula is C29H32F5NO3S. The van der Waals surface area contributed by atoms with Crippen LogP contribution < -0.4 is 0 Å². The molecule has 1 amide bonds. The van der Waals surface area contributed by atoms with Crippen molar-refractivity contribution in [3.63, 3.8) is 0 Å². The number of nitrogens with zero attached hydrogens (tertiary/aromatic N) is 1. The summed E-state index contributed by atoms with van der Waals surface area (Å²) in [5, 5.41) is -0.596. The Kier molecular flexibility index (Phi) is 6.88.